The van der Waals surface area contributed by atoms with Gasteiger partial charge in [0.05, 0.1) is 0 Å². The Morgan fingerprint density at radius 2 is 1.64 bits per heavy atom. The Labute approximate surface area is 166 Å². The van der Waals surface area contributed by atoms with Crippen LogP contribution in [0.2, 0.25) is 13.1 Å². The Balaban J connectivity index is 0. The summed E-state index contributed by atoms with van der Waals surface area (Å²) in [6.07, 6.45) is 4.91. The molecule has 0 aromatic heterocycles. The van der Waals surface area contributed by atoms with Gasteiger partial charge in [-0.15, -0.1) is 0 Å². The van der Waals surface area contributed by atoms with Crippen molar-refractivity contribution in [3.05, 3.63) is 51.1 Å². The maximum atomic E-state index is 2.51. The van der Waals surface area contributed by atoms with Crippen LogP contribution in [0, 0.1) is 5.92 Å². The van der Waals surface area contributed by atoms with E-state index in [0.29, 0.717) is 5.92 Å². The quantitative estimate of drug-likeness (QED) is 0.439. The van der Waals surface area contributed by atoms with Gasteiger partial charge in [-0.25, -0.2) is 0 Å². The second-order valence-corrected chi connectivity index (χ2v) is 11.3. The summed E-state index contributed by atoms with van der Waals surface area (Å²) in [6, 6.07) is 11.1. The zero-order chi connectivity index (χ0) is 14.0. The van der Waals surface area contributed by atoms with Crippen LogP contribution in [0.4, 0.5) is 0 Å². The summed E-state index contributed by atoms with van der Waals surface area (Å²) >= 11 is 2.32. The second-order valence-electron chi connectivity index (χ2n) is 6.01. The molecule has 0 fully saturated rings. The Morgan fingerprint density at radius 1 is 1.09 bits per heavy atom. The number of allylic oxidation sites excluding steroid dienone is 4. The molecule has 120 valence electrons. The van der Waals surface area contributed by atoms with Crippen molar-refractivity contribution >= 4 is 13.3 Å². The summed E-state index contributed by atoms with van der Waals surface area (Å²) in [7, 11) is -1.53. The maximum Gasteiger partial charge on any atom is -1.00 e. The molecule has 0 saturated heterocycles. The third-order valence-corrected chi connectivity index (χ3v) is 8.74. The van der Waals surface area contributed by atoms with Gasteiger partial charge < -0.3 is 37.2 Å². The molecule has 22 heavy (non-hydrogen) atoms. The van der Waals surface area contributed by atoms with Gasteiger partial charge in [-0.05, 0) is 0 Å². The van der Waals surface area contributed by atoms with Crippen LogP contribution in [0.3, 0.4) is 0 Å². The van der Waals surface area contributed by atoms with Crippen molar-refractivity contribution in [2.45, 2.75) is 39.8 Å². The van der Waals surface area contributed by atoms with E-state index in [0.717, 1.165) is 6.42 Å². The van der Waals surface area contributed by atoms with Crippen molar-refractivity contribution in [1.29, 1.82) is 0 Å². The molecule has 0 saturated carbocycles. The molecule has 0 amide bonds. The van der Waals surface area contributed by atoms with Gasteiger partial charge in [0.25, 0.3) is 0 Å². The van der Waals surface area contributed by atoms with Crippen LogP contribution in [0.15, 0.2) is 51.1 Å². The van der Waals surface area contributed by atoms with E-state index in [1.807, 2.05) is 0 Å². The van der Waals surface area contributed by atoms with E-state index in [1.165, 1.54) is 6.42 Å². The van der Waals surface area contributed by atoms with Gasteiger partial charge in [0, 0.05) is 0 Å². The third-order valence-electron chi connectivity index (χ3n) is 4.40. The Kier molecular flexibility index (Phi) is 11.7. The molecule has 1 aromatic carbocycles. The molecule has 5 heteroatoms. The molecule has 0 aliphatic heterocycles. The number of benzene rings is 1. The summed E-state index contributed by atoms with van der Waals surface area (Å²) in [5.41, 5.74) is 1.67. The average Bonchev–Trinajstić information content (AvgIpc) is 2.81. The van der Waals surface area contributed by atoms with Crippen LogP contribution < -0.4 is 42.4 Å². The molecular weight excluding hydrogens is 386 g/mol. The first kappa shape index (κ1) is 24.7. The number of halogens is 3. The first-order valence-corrected chi connectivity index (χ1v) is 11.0. The summed E-state index contributed by atoms with van der Waals surface area (Å²) in [5, 5.41) is 3.24. The van der Waals surface area contributed by atoms with Gasteiger partial charge in [-0.3, -0.25) is 0 Å². The van der Waals surface area contributed by atoms with Crippen LogP contribution in [-0.4, -0.2) is 8.07 Å². The first-order chi connectivity index (χ1) is 8.98. The van der Waals surface area contributed by atoms with Gasteiger partial charge in [0.15, 0.2) is 0 Å². The molecule has 1 unspecified atom stereocenters. The summed E-state index contributed by atoms with van der Waals surface area (Å²) < 4.78 is 1.60. The SMILES string of the molecule is CCC(C)C1=[C]([Ti+3])CC=C1[Si](C)(C)c1ccccc1.[Cl-].[Cl-].[Cl-]. The Bertz CT molecular complexity index is 524. The third kappa shape index (κ3) is 5.00. The summed E-state index contributed by atoms with van der Waals surface area (Å²) in [4.78, 5) is 0. The van der Waals surface area contributed by atoms with E-state index < -0.39 is 8.07 Å². The monoisotopic (exact) mass is 408 g/mol. The minimum Gasteiger partial charge on any atom is -1.00 e. The van der Waals surface area contributed by atoms with Crippen LogP contribution in [0.25, 0.3) is 0 Å². The zero-order valence-electron chi connectivity index (χ0n) is 13.6. The zero-order valence-corrected chi connectivity index (χ0v) is 18.4. The molecule has 0 N–H and O–H groups in total. The number of hydrogen-bond donors (Lipinski definition) is 0. The maximum absolute atomic E-state index is 2.51. The molecule has 1 aliphatic rings. The molecule has 0 heterocycles. The molecule has 1 aliphatic carbocycles. The van der Waals surface area contributed by atoms with Crippen molar-refractivity contribution in [3.8, 4) is 0 Å². The van der Waals surface area contributed by atoms with Crippen molar-refractivity contribution in [1.82, 2.24) is 0 Å². The second kappa shape index (κ2) is 10.4. The Hall–Kier alpha value is 0.501. The number of rotatable bonds is 4. The van der Waals surface area contributed by atoms with Crippen molar-refractivity contribution in [2.24, 2.45) is 5.92 Å². The van der Waals surface area contributed by atoms with Gasteiger partial charge >= 0.3 is 130 Å². The van der Waals surface area contributed by atoms with E-state index in [2.05, 4.69) is 83.8 Å². The van der Waals surface area contributed by atoms with Gasteiger partial charge in [-0.2, -0.15) is 0 Å². The smallest absolute Gasteiger partial charge is 1.00 e. The molecule has 1 aromatic rings. The molecule has 0 bridgehead atoms. The van der Waals surface area contributed by atoms with Gasteiger partial charge in [0.1, 0.15) is 0 Å². The standard InChI is InChI=1S/C17H23Si.3ClH.Ti/c1-5-14(2)16-12-9-13-17(16)18(3,4)15-10-7-6-8-11-15;;;;/h6-8,10-11,13-14H,5,9H2,1-4H3;3*1H;/q;;;;+3/p-3. The van der Waals surface area contributed by atoms with E-state index in [4.69, 9.17) is 0 Å². The molecule has 2 rings (SSSR count). The molecule has 0 radical (unpaired) electrons. The summed E-state index contributed by atoms with van der Waals surface area (Å²) in [5.74, 6) is 0.698. The van der Waals surface area contributed by atoms with Crippen LogP contribution in [0.1, 0.15) is 26.7 Å². The van der Waals surface area contributed by atoms with E-state index in [9.17, 15) is 0 Å². The van der Waals surface area contributed by atoms with Crippen molar-refractivity contribution in [2.75, 3.05) is 0 Å². The average molecular weight is 410 g/mol. The Morgan fingerprint density at radius 3 is 2.14 bits per heavy atom. The van der Waals surface area contributed by atoms with Gasteiger partial charge in [0.2, 0.25) is 0 Å². The number of hydrogen-bond acceptors (Lipinski definition) is 0. The van der Waals surface area contributed by atoms with Crippen LogP contribution >= 0.6 is 0 Å². The molecule has 1 atom stereocenters. The minimum absolute atomic E-state index is 0. The normalized spacial score (nSPS) is 15.3. The minimum atomic E-state index is -1.53. The first-order valence-electron chi connectivity index (χ1n) is 7.19. The summed E-state index contributed by atoms with van der Waals surface area (Å²) in [6.45, 7) is 9.68. The van der Waals surface area contributed by atoms with Crippen LogP contribution in [0.5, 0.6) is 0 Å². The predicted molar refractivity (Wildman–Crippen MR) is 82.7 cm³/mol. The van der Waals surface area contributed by atoms with E-state index in [-0.39, 0.29) is 37.2 Å². The fourth-order valence-corrected chi connectivity index (χ4v) is 6.93. The topological polar surface area (TPSA) is 0 Å². The predicted octanol–water partition coefficient (Wildman–Crippen LogP) is -4.67. The molecular formula is C17H23Cl3SiTi. The molecule has 0 spiro atoms. The largest absolute Gasteiger partial charge is 1.00 e. The van der Waals surface area contributed by atoms with Gasteiger partial charge in [-0.1, -0.05) is 0 Å². The van der Waals surface area contributed by atoms with Crippen molar-refractivity contribution in [3.63, 3.8) is 0 Å². The fourth-order valence-electron chi connectivity index (χ4n) is 2.96. The van der Waals surface area contributed by atoms with Crippen LogP contribution in [-0.2, 0) is 20.4 Å². The van der Waals surface area contributed by atoms with Crippen molar-refractivity contribution < 1.29 is 57.7 Å². The molecule has 0 nitrogen and oxygen atoms in total. The fraction of sp³-hybridized carbons (Fsp3) is 0.412. The van der Waals surface area contributed by atoms with E-state index in [1.54, 1.807) is 19.8 Å². The van der Waals surface area contributed by atoms with E-state index >= 15 is 0 Å².